The lowest BCUT2D eigenvalue weighted by molar-refractivity contribution is 0.0483. The van der Waals surface area contributed by atoms with Crippen LogP contribution in [-0.4, -0.2) is 37.8 Å². The van der Waals surface area contributed by atoms with Crippen molar-refractivity contribution in [1.82, 2.24) is 26.0 Å². The standard InChI is InChI=1S/C30H27N5O5/c1-30(2,3)39-29(38)34-33-28(37)23-15-26(32-25-12-13-31-16-24(23)25)20-8-4-18(5-9-20)19-6-10-21(11-7-19)27-14-22(17-36)40-35-27/h4-16,36H,17H2,1-3H3,(H,33,37)(H,34,38). The molecule has 0 unspecified atom stereocenters. The Bertz CT molecular complexity index is 1670. The minimum atomic E-state index is -0.767. The first-order valence-corrected chi connectivity index (χ1v) is 12.5. The average molecular weight is 538 g/mol. The number of nitrogens with zero attached hydrogens (tertiary/aromatic N) is 3. The van der Waals surface area contributed by atoms with Gasteiger partial charge in [0.15, 0.2) is 5.76 Å². The molecule has 40 heavy (non-hydrogen) atoms. The summed E-state index contributed by atoms with van der Waals surface area (Å²) in [7, 11) is 0. The van der Waals surface area contributed by atoms with E-state index in [-0.39, 0.29) is 6.61 Å². The SMILES string of the molecule is CC(C)(C)OC(=O)NNC(=O)c1cc(-c2ccc(-c3ccc(-c4cc(CO)on4)cc3)cc2)nc2ccncc12. The van der Waals surface area contributed by atoms with Crippen LogP contribution in [0.1, 0.15) is 36.9 Å². The molecule has 0 saturated carbocycles. The summed E-state index contributed by atoms with van der Waals surface area (Å²) in [5.74, 6) is -0.115. The molecule has 3 aromatic heterocycles. The molecule has 3 N–H and O–H groups in total. The van der Waals surface area contributed by atoms with Gasteiger partial charge in [-0.05, 0) is 44.0 Å². The van der Waals surface area contributed by atoms with Crippen LogP contribution in [0.2, 0.25) is 0 Å². The molecule has 0 bridgehead atoms. The third kappa shape index (κ3) is 5.97. The van der Waals surface area contributed by atoms with Crippen LogP contribution >= 0.6 is 0 Å². The summed E-state index contributed by atoms with van der Waals surface area (Å²) in [6.07, 6.45) is 2.40. The molecule has 5 rings (SSSR count). The zero-order chi connectivity index (χ0) is 28.3. The van der Waals surface area contributed by atoms with Crippen LogP contribution in [0.4, 0.5) is 4.79 Å². The Hall–Kier alpha value is -5.09. The number of aliphatic hydroxyl groups excluding tert-OH is 1. The Morgan fingerprint density at radius 3 is 2.10 bits per heavy atom. The van der Waals surface area contributed by atoms with Crippen LogP contribution < -0.4 is 10.9 Å². The Morgan fingerprint density at radius 2 is 1.50 bits per heavy atom. The molecule has 0 aliphatic rings. The first kappa shape index (κ1) is 26.5. The first-order valence-electron chi connectivity index (χ1n) is 12.5. The number of ether oxygens (including phenoxy) is 1. The number of hydrogen-bond donors (Lipinski definition) is 3. The van der Waals surface area contributed by atoms with Gasteiger partial charge < -0.3 is 14.4 Å². The highest BCUT2D eigenvalue weighted by Gasteiger charge is 2.19. The monoisotopic (exact) mass is 537 g/mol. The fraction of sp³-hybridized carbons (Fsp3) is 0.167. The van der Waals surface area contributed by atoms with Gasteiger partial charge in [-0.25, -0.2) is 15.2 Å². The van der Waals surface area contributed by atoms with Gasteiger partial charge in [0.2, 0.25) is 0 Å². The van der Waals surface area contributed by atoms with E-state index in [0.717, 1.165) is 22.3 Å². The average Bonchev–Trinajstić information content (AvgIpc) is 3.44. The van der Waals surface area contributed by atoms with Crippen molar-refractivity contribution in [3.8, 4) is 33.6 Å². The van der Waals surface area contributed by atoms with Gasteiger partial charge >= 0.3 is 6.09 Å². The number of carbonyl (C=O) groups excluding carboxylic acids is 2. The number of benzene rings is 2. The van der Waals surface area contributed by atoms with Crippen molar-refractivity contribution in [1.29, 1.82) is 0 Å². The lowest BCUT2D eigenvalue weighted by Gasteiger charge is -2.19. The lowest BCUT2D eigenvalue weighted by atomic mass is 9.99. The lowest BCUT2D eigenvalue weighted by Crippen LogP contribution is -2.44. The number of fused-ring (bicyclic) bond motifs is 1. The van der Waals surface area contributed by atoms with Crippen molar-refractivity contribution in [2.24, 2.45) is 0 Å². The zero-order valence-electron chi connectivity index (χ0n) is 22.1. The third-order valence-corrected chi connectivity index (χ3v) is 5.94. The third-order valence-electron chi connectivity index (χ3n) is 5.94. The molecule has 202 valence electrons. The van der Waals surface area contributed by atoms with Crippen molar-refractivity contribution in [3.05, 3.63) is 90.4 Å². The van der Waals surface area contributed by atoms with Gasteiger partial charge in [-0.3, -0.25) is 15.2 Å². The molecule has 0 atom stereocenters. The zero-order valence-corrected chi connectivity index (χ0v) is 22.1. The second kappa shape index (κ2) is 11.0. The van der Waals surface area contributed by atoms with E-state index >= 15 is 0 Å². The number of pyridine rings is 2. The molecule has 3 heterocycles. The van der Waals surface area contributed by atoms with Crippen LogP contribution in [0.15, 0.2) is 83.6 Å². The molecular weight excluding hydrogens is 510 g/mol. The minimum absolute atomic E-state index is 0.199. The molecule has 0 spiro atoms. The number of amides is 2. The molecule has 5 aromatic rings. The predicted molar refractivity (Wildman–Crippen MR) is 149 cm³/mol. The van der Waals surface area contributed by atoms with E-state index in [2.05, 4.69) is 21.0 Å². The second-order valence-electron chi connectivity index (χ2n) is 10.0. The van der Waals surface area contributed by atoms with Gasteiger partial charge in [0.05, 0.1) is 16.8 Å². The highest BCUT2D eigenvalue weighted by molar-refractivity contribution is 6.07. The van der Waals surface area contributed by atoms with Crippen molar-refractivity contribution < 1.29 is 24.0 Å². The van der Waals surface area contributed by atoms with Crippen molar-refractivity contribution in [2.75, 3.05) is 0 Å². The molecule has 0 radical (unpaired) electrons. The number of aliphatic hydroxyl groups is 1. The summed E-state index contributed by atoms with van der Waals surface area (Å²) in [6, 6.07) is 20.8. The van der Waals surface area contributed by atoms with Crippen molar-refractivity contribution in [2.45, 2.75) is 33.0 Å². The Balaban J connectivity index is 1.38. The van der Waals surface area contributed by atoms with E-state index in [1.807, 2.05) is 48.5 Å². The van der Waals surface area contributed by atoms with Crippen LogP contribution in [0.25, 0.3) is 44.5 Å². The minimum Gasteiger partial charge on any atom is -0.443 e. The van der Waals surface area contributed by atoms with Gasteiger partial charge in [0, 0.05) is 35.0 Å². The van der Waals surface area contributed by atoms with E-state index in [0.29, 0.717) is 33.6 Å². The molecule has 0 aliphatic carbocycles. The van der Waals surface area contributed by atoms with E-state index in [1.54, 1.807) is 51.4 Å². The summed E-state index contributed by atoms with van der Waals surface area (Å²) >= 11 is 0. The molecule has 10 nitrogen and oxygen atoms in total. The maximum Gasteiger partial charge on any atom is 0.426 e. The van der Waals surface area contributed by atoms with Gasteiger partial charge in [0.1, 0.15) is 17.9 Å². The Labute approximate surface area is 230 Å². The van der Waals surface area contributed by atoms with Gasteiger partial charge in [-0.1, -0.05) is 53.7 Å². The number of hydrogen-bond acceptors (Lipinski definition) is 8. The largest absolute Gasteiger partial charge is 0.443 e. The van der Waals surface area contributed by atoms with Crippen LogP contribution in [0.3, 0.4) is 0 Å². The van der Waals surface area contributed by atoms with E-state index in [1.165, 1.54) is 0 Å². The van der Waals surface area contributed by atoms with E-state index in [4.69, 9.17) is 14.2 Å². The Kier molecular flexibility index (Phi) is 7.26. The van der Waals surface area contributed by atoms with Crippen molar-refractivity contribution >= 4 is 22.9 Å². The maximum atomic E-state index is 13.0. The number of rotatable bonds is 5. The van der Waals surface area contributed by atoms with Crippen LogP contribution in [0, 0.1) is 0 Å². The van der Waals surface area contributed by atoms with Gasteiger partial charge in [-0.2, -0.15) is 0 Å². The molecule has 2 aromatic carbocycles. The second-order valence-corrected chi connectivity index (χ2v) is 10.0. The summed E-state index contributed by atoms with van der Waals surface area (Å²) < 4.78 is 10.3. The topological polar surface area (TPSA) is 139 Å². The number of nitrogens with one attached hydrogen (secondary N) is 2. The van der Waals surface area contributed by atoms with Crippen LogP contribution in [-0.2, 0) is 11.3 Å². The molecule has 2 amide bonds. The van der Waals surface area contributed by atoms with Gasteiger partial charge in [-0.15, -0.1) is 0 Å². The van der Waals surface area contributed by atoms with E-state index < -0.39 is 17.6 Å². The fourth-order valence-corrected chi connectivity index (χ4v) is 4.07. The number of carbonyl (C=O) groups is 2. The number of hydrazine groups is 1. The van der Waals surface area contributed by atoms with E-state index in [9.17, 15) is 14.7 Å². The molecule has 0 aliphatic heterocycles. The maximum absolute atomic E-state index is 13.0. The molecular formula is C30H27N5O5. The predicted octanol–water partition coefficient (Wildman–Crippen LogP) is 5.28. The molecule has 10 heteroatoms. The fourth-order valence-electron chi connectivity index (χ4n) is 4.07. The van der Waals surface area contributed by atoms with Gasteiger partial charge in [0.25, 0.3) is 5.91 Å². The first-order chi connectivity index (χ1) is 19.2. The molecule has 0 fully saturated rings. The highest BCUT2D eigenvalue weighted by Crippen LogP contribution is 2.29. The summed E-state index contributed by atoms with van der Waals surface area (Å²) in [4.78, 5) is 33.9. The quantitative estimate of drug-likeness (QED) is 0.257. The molecule has 0 saturated heterocycles. The smallest absolute Gasteiger partial charge is 0.426 e. The summed E-state index contributed by atoms with van der Waals surface area (Å²) in [6.45, 7) is 5.00. The van der Waals surface area contributed by atoms with Crippen molar-refractivity contribution in [3.63, 3.8) is 0 Å². The summed E-state index contributed by atoms with van der Waals surface area (Å²) in [5, 5.41) is 13.7. The number of aromatic nitrogens is 3. The normalized spacial score (nSPS) is 11.3. The summed E-state index contributed by atoms with van der Waals surface area (Å²) in [5.41, 5.74) is 9.82. The van der Waals surface area contributed by atoms with Crippen LogP contribution in [0.5, 0.6) is 0 Å². The highest BCUT2D eigenvalue weighted by atomic mass is 16.6. The Morgan fingerprint density at radius 1 is 0.875 bits per heavy atom.